The lowest BCUT2D eigenvalue weighted by molar-refractivity contribution is -0.908. The van der Waals surface area contributed by atoms with Gasteiger partial charge in [0.2, 0.25) is 0 Å². The van der Waals surface area contributed by atoms with Crippen molar-refractivity contribution in [2.24, 2.45) is 4.99 Å². The number of ether oxygens (including phenoxy) is 2. The molecule has 0 spiro atoms. The van der Waals surface area contributed by atoms with Crippen molar-refractivity contribution in [2.45, 2.75) is 20.3 Å². The van der Waals surface area contributed by atoms with Crippen molar-refractivity contribution in [1.29, 1.82) is 0 Å². The maximum Gasteiger partial charge on any atom is 0.291 e. The van der Waals surface area contributed by atoms with Crippen LogP contribution >= 0.6 is 0 Å². The van der Waals surface area contributed by atoms with E-state index in [1.807, 2.05) is 32.0 Å². The number of rotatable bonds is 6. The fourth-order valence-electron chi connectivity index (χ4n) is 2.67. The van der Waals surface area contributed by atoms with Crippen LogP contribution in [0.3, 0.4) is 0 Å². The van der Waals surface area contributed by atoms with Crippen LogP contribution in [-0.4, -0.2) is 57.9 Å². The van der Waals surface area contributed by atoms with E-state index in [1.165, 1.54) is 0 Å². The van der Waals surface area contributed by atoms with Crippen LogP contribution in [0, 0.1) is 6.92 Å². The standard InChI is InChI=1S/C18H27N3O3/c1-3-24-18(19-9-6-10-21-11-13-23-14-12-21)20-17(22)16-8-5-4-7-15(16)2/h4-5,7-8H,3,6,9-14H2,1-2H3,(H,19,20,22)/p+1. The Labute approximate surface area is 143 Å². The lowest BCUT2D eigenvalue weighted by atomic mass is 10.1. The summed E-state index contributed by atoms with van der Waals surface area (Å²) in [6.45, 7) is 9.79. The second-order valence-electron chi connectivity index (χ2n) is 5.85. The highest BCUT2D eigenvalue weighted by atomic mass is 16.5. The van der Waals surface area contributed by atoms with Crippen molar-refractivity contribution < 1.29 is 19.2 Å². The first kappa shape index (κ1) is 18.4. The van der Waals surface area contributed by atoms with E-state index in [0.717, 1.165) is 44.8 Å². The molecule has 132 valence electrons. The average Bonchev–Trinajstić information content (AvgIpc) is 2.60. The Morgan fingerprint density at radius 2 is 2.08 bits per heavy atom. The molecule has 1 fully saturated rings. The van der Waals surface area contributed by atoms with Crippen molar-refractivity contribution >= 4 is 11.9 Å². The molecule has 0 saturated carbocycles. The van der Waals surface area contributed by atoms with Crippen molar-refractivity contribution in [1.82, 2.24) is 5.32 Å². The van der Waals surface area contributed by atoms with Crippen molar-refractivity contribution in [3.63, 3.8) is 0 Å². The number of benzene rings is 1. The molecular formula is C18H28N3O3+. The van der Waals surface area contributed by atoms with Crippen LogP contribution in [0.2, 0.25) is 0 Å². The fraction of sp³-hybridized carbons (Fsp3) is 0.556. The molecule has 2 rings (SSSR count). The Bertz CT molecular complexity index is 554. The van der Waals surface area contributed by atoms with Crippen LogP contribution in [-0.2, 0) is 9.47 Å². The quantitative estimate of drug-likeness (QED) is 0.450. The zero-order valence-corrected chi connectivity index (χ0v) is 14.6. The third-order valence-electron chi connectivity index (χ3n) is 4.03. The minimum atomic E-state index is -0.181. The monoisotopic (exact) mass is 334 g/mol. The predicted molar refractivity (Wildman–Crippen MR) is 93.6 cm³/mol. The number of amides is 1. The predicted octanol–water partition coefficient (Wildman–Crippen LogP) is 0.423. The summed E-state index contributed by atoms with van der Waals surface area (Å²) in [5.74, 6) is -0.181. The highest BCUT2D eigenvalue weighted by Gasteiger charge is 2.14. The minimum absolute atomic E-state index is 0.181. The third kappa shape index (κ3) is 5.94. The lowest BCUT2D eigenvalue weighted by Gasteiger charge is -2.23. The summed E-state index contributed by atoms with van der Waals surface area (Å²) in [5.41, 5.74) is 1.57. The molecule has 6 heteroatoms. The van der Waals surface area contributed by atoms with Gasteiger partial charge >= 0.3 is 0 Å². The molecule has 1 saturated heterocycles. The summed E-state index contributed by atoms with van der Waals surface area (Å²) in [6, 6.07) is 7.79. The second kappa shape index (κ2) is 10.1. The summed E-state index contributed by atoms with van der Waals surface area (Å²) in [4.78, 5) is 18.3. The summed E-state index contributed by atoms with van der Waals surface area (Å²) in [6.07, 6.45) is 0.964. The molecule has 1 amide bonds. The maximum atomic E-state index is 12.3. The molecule has 1 heterocycles. The molecule has 1 aromatic carbocycles. The van der Waals surface area contributed by atoms with Crippen LogP contribution in [0.5, 0.6) is 0 Å². The largest absolute Gasteiger partial charge is 0.465 e. The number of carbonyl (C=O) groups is 1. The highest BCUT2D eigenvalue weighted by molar-refractivity contribution is 6.04. The molecular weight excluding hydrogens is 306 g/mol. The first-order valence-corrected chi connectivity index (χ1v) is 8.66. The van der Waals surface area contributed by atoms with E-state index < -0.39 is 0 Å². The Morgan fingerprint density at radius 3 is 2.79 bits per heavy atom. The van der Waals surface area contributed by atoms with Crippen molar-refractivity contribution in [3.05, 3.63) is 35.4 Å². The molecule has 0 radical (unpaired) electrons. The van der Waals surface area contributed by atoms with E-state index in [2.05, 4.69) is 10.3 Å². The molecule has 0 aliphatic carbocycles. The summed E-state index contributed by atoms with van der Waals surface area (Å²) < 4.78 is 10.8. The zero-order valence-electron chi connectivity index (χ0n) is 14.6. The Kier molecular flexibility index (Phi) is 7.71. The van der Waals surface area contributed by atoms with E-state index in [-0.39, 0.29) is 5.91 Å². The molecule has 2 N–H and O–H groups in total. The average molecular weight is 334 g/mol. The molecule has 0 atom stereocenters. The van der Waals surface area contributed by atoms with Gasteiger partial charge in [-0.2, -0.15) is 0 Å². The second-order valence-corrected chi connectivity index (χ2v) is 5.85. The number of morpholine rings is 1. The lowest BCUT2D eigenvalue weighted by Crippen LogP contribution is -3.14. The fourth-order valence-corrected chi connectivity index (χ4v) is 2.67. The van der Waals surface area contributed by atoms with Crippen molar-refractivity contribution in [2.75, 3.05) is 46.0 Å². The summed E-state index contributed by atoms with van der Waals surface area (Å²) in [7, 11) is 0. The molecule has 0 bridgehead atoms. The number of quaternary nitrogens is 1. The molecule has 1 aromatic rings. The summed E-state index contributed by atoms with van der Waals surface area (Å²) in [5, 5.41) is 2.78. The Balaban J connectivity index is 1.83. The van der Waals surface area contributed by atoms with Crippen LogP contribution in [0.4, 0.5) is 0 Å². The molecule has 6 nitrogen and oxygen atoms in total. The van der Waals surface area contributed by atoms with Crippen molar-refractivity contribution in [3.8, 4) is 0 Å². The van der Waals surface area contributed by atoms with E-state index >= 15 is 0 Å². The molecule has 0 aromatic heterocycles. The van der Waals surface area contributed by atoms with Crippen LogP contribution in [0.15, 0.2) is 29.3 Å². The Morgan fingerprint density at radius 1 is 1.33 bits per heavy atom. The smallest absolute Gasteiger partial charge is 0.291 e. The first-order chi connectivity index (χ1) is 11.7. The van der Waals surface area contributed by atoms with Crippen LogP contribution < -0.4 is 10.2 Å². The van der Waals surface area contributed by atoms with Crippen LogP contribution in [0.25, 0.3) is 0 Å². The van der Waals surface area contributed by atoms with Crippen LogP contribution in [0.1, 0.15) is 29.3 Å². The van der Waals surface area contributed by atoms with Gasteiger partial charge in [-0.3, -0.25) is 10.1 Å². The third-order valence-corrected chi connectivity index (χ3v) is 4.03. The number of nitrogens with one attached hydrogen (secondary N) is 2. The van der Waals surface area contributed by atoms with E-state index in [1.54, 1.807) is 11.0 Å². The van der Waals surface area contributed by atoms with Gasteiger partial charge in [0, 0.05) is 18.5 Å². The van der Waals surface area contributed by atoms with E-state index in [4.69, 9.17) is 9.47 Å². The van der Waals surface area contributed by atoms with Gasteiger partial charge in [0.05, 0.1) is 26.4 Å². The molecule has 0 unspecified atom stereocenters. The van der Waals surface area contributed by atoms with Gasteiger partial charge in [0.1, 0.15) is 13.1 Å². The van der Waals surface area contributed by atoms with Gasteiger partial charge < -0.3 is 14.4 Å². The number of aryl methyl sites for hydroxylation is 1. The number of aliphatic imine (C=N–C) groups is 1. The Hall–Kier alpha value is -1.92. The first-order valence-electron chi connectivity index (χ1n) is 8.66. The molecule has 1 aliphatic rings. The van der Waals surface area contributed by atoms with Gasteiger partial charge in [-0.05, 0) is 25.5 Å². The number of nitrogens with zero attached hydrogens (tertiary/aromatic N) is 1. The van der Waals surface area contributed by atoms with Gasteiger partial charge in [-0.1, -0.05) is 18.2 Å². The zero-order chi connectivity index (χ0) is 17.2. The maximum absolute atomic E-state index is 12.3. The number of hydrogen-bond donors (Lipinski definition) is 2. The number of hydrogen-bond acceptors (Lipinski definition) is 4. The normalized spacial score (nSPS) is 16.0. The number of amidine groups is 1. The highest BCUT2D eigenvalue weighted by Crippen LogP contribution is 2.06. The van der Waals surface area contributed by atoms with Gasteiger partial charge in [-0.15, -0.1) is 0 Å². The topological polar surface area (TPSA) is 64.4 Å². The summed E-state index contributed by atoms with van der Waals surface area (Å²) >= 11 is 0. The molecule has 1 aliphatic heterocycles. The molecule has 24 heavy (non-hydrogen) atoms. The van der Waals surface area contributed by atoms with Gasteiger partial charge in [-0.25, -0.2) is 4.99 Å². The van der Waals surface area contributed by atoms with Gasteiger partial charge in [0.25, 0.3) is 11.9 Å². The SMILES string of the molecule is CCOC(=NCCC[NH+]1CCOCC1)NC(=O)c1ccccc1C. The van der Waals surface area contributed by atoms with E-state index in [0.29, 0.717) is 24.7 Å². The van der Waals surface area contributed by atoms with E-state index in [9.17, 15) is 4.79 Å². The van der Waals surface area contributed by atoms with Gasteiger partial charge in [0.15, 0.2) is 0 Å². The minimum Gasteiger partial charge on any atom is -0.465 e. The number of carbonyl (C=O) groups excluding carboxylic acids is 1.